The Kier molecular flexibility index (Phi) is 5.78. The number of aryl methyl sites for hydroxylation is 1. The summed E-state index contributed by atoms with van der Waals surface area (Å²) in [6, 6.07) is 8.40. The van der Waals surface area contributed by atoms with Gasteiger partial charge in [0.05, 0.1) is 11.4 Å². The van der Waals surface area contributed by atoms with Crippen LogP contribution in [0.1, 0.15) is 38.7 Å². The van der Waals surface area contributed by atoms with Crippen LogP contribution in [0.4, 0.5) is 0 Å². The maximum atomic E-state index is 12.4. The summed E-state index contributed by atoms with van der Waals surface area (Å²) in [6.45, 7) is 6.58. The minimum Gasteiger partial charge on any atom is -0.352 e. The van der Waals surface area contributed by atoms with Gasteiger partial charge < -0.3 is 5.32 Å². The number of carbonyl (C=O) groups excluding carboxylic acids is 1. The van der Waals surface area contributed by atoms with Crippen LogP contribution in [0.15, 0.2) is 35.7 Å². The van der Waals surface area contributed by atoms with E-state index in [1.807, 2.05) is 22.8 Å². The lowest BCUT2D eigenvalue weighted by molar-refractivity contribution is -0.120. The Balaban J connectivity index is 1.60. The molecule has 5 nitrogen and oxygen atoms in total. The predicted octanol–water partition coefficient (Wildman–Crippen LogP) is 3.61. The van der Waals surface area contributed by atoms with Crippen LogP contribution in [0, 0.1) is 18.8 Å². The number of carbonyl (C=O) groups is 1. The first-order chi connectivity index (χ1) is 12.1. The molecule has 1 aromatic heterocycles. The summed E-state index contributed by atoms with van der Waals surface area (Å²) >= 11 is 1.43. The summed E-state index contributed by atoms with van der Waals surface area (Å²) in [6.07, 6.45) is 5.25. The highest BCUT2D eigenvalue weighted by Gasteiger charge is 2.28. The molecular formula is C19H26N4OS. The van der Waals surface area contributed by atoms with Gasteiger partial charge in [-0.05, 0) is 36.8 Å². The lowest BCUT2D eigenvalue weighted by Gasteiger charge is -2.34. The van der Waals surface area contributed by atoms with Crippen molar-refractivity contribution in [1.82, 2.24) is 20.1 Å². The second kappa shape index (κ2) is 8.04. The molecule has 3 rings (SSSR count). The van der Waals surface area contributed by atoms with Crippen LogP contribution < -0.4 is 5.32 Å². The van der Waals surface area contributed by atoms with E-state index in [0.29, 0.717) is 23.6 Å². The highest BCUT2D eigenvalue weighted by Crippen LogP contribution is 2.29. The number of rotatable bonds is 5. The van der Waals surface area contributed by atoms with Gasteiger partial charge in [0, 0.05) is 6.04 Å². The predicted molar refractivity (Wildman–Crippen MR) is 101 cm³/mol. The third kappa shape index (κ3) is 4.24. The molecule has 1 aliphatic rings. The molecule has 1 heterocycles. The second-order valence-electron chi connectivity index (χ2n) is 7.00. The molecular weight excluding hydrogens is 332 g/mol. The van der Waals surface area contributed by atoms with Crippen LogP contribution in [0.3, 0.4) is 0 Å². The molecule has 3 atom stereocenters. The Morgan fingerprint density at radius 2 is 2.12 bits per heavy atom. The van der Waals surface area contributed by atoms with Crippen LogP contribution in [0.2, 0.25) is 0 Å². The maximum absolute atomic E-state index is 12.4. The van der Waals surface area contributed by atoms with Crippen molar-refractivity contribution in [2.45, 2.75) is 51.2 Å². The highest BCUT2D eigenvalue weighted by molar-refractivity contribution is 7.99. The van der Waals surface area contributed by atoms with Crippen LogP contribution >= 0.6 is 11.8 Å². The van der Waals surface area contributed by atoms with Crippen LogP contribution in [0.25, 0.3) is 5.69 Å². The molecule has 0 radical (unpaired) electrons. The van der Waals surface area contributed by atoms with Crippen molar-refractivity contribution < 1.29 is 4.79 Å². The molecule has 1 fully saturated rings. The van der Waals surface area contributed by atoms with E-state index >= 15 is 0 Å². The summed E-state index contributed by atoms with van der Waals surface area (Å²) in [5.74, 6) is 1.66. The first-order valence-electron chi connectivity index (χ1n) is 8.94. The average molecular weight is 359 g/mol. The molecule has 0 unspecified atom stereocenters. The number of hydrogen-bond donors (Lipinski definition) is 1. The Morgan fingerprint density at radius 1 is 1.32 bits per heavy atom. The summed E-state index contributed by atoms with van der Waals surface area (Å²) in [4.78, 5) is 12.4. The molecule has 1 aromatic carbocycles. The number of hydrogen-bond acceptors (Lipinski definition) is 4. The second-order valence-corrected chi connectivity index (χ2v) is 7.94. The van der Waals surface area contributed by atoms with Crippen molar-refractivity contribution in [3.63, 3.8) is 0 Å². The molecule has 2 aromatic rings. The van der Waals surface area contributed by atoms with E-state index in [-0.39, 0.29) is 5.91 Å². The van der Waals surface area contributed by atoms with E-state index in [2.05, 4.69) is 42.4 Å². The molecule has 6 heteroatoms. The van der Waals surface area contributed by atoms with Gasteiger partial charge in [-0.25, -0.2) is 0 Å². The van der Waals surface area contributed by atoms with Crippen molar-refractivity contribution >= 4 is 17.7 Å². The Bertz CT molecular complexity index is 730. The van der Waals surface area contributed by atoms with Crippen molar-refractivity contribution in [1.29, 1.82) is 0 Å². The Hall–Kier alpha value is -1.82. The van der Waals surface area contributed by atoms with Gasteiger partial charge in [0.25, 0.3) is 0 Å². The zero-order valence-corrected chi connectivity index (χ0v) is 15.9. The summed E-state index contributed by atoms with van der Waals surface area (Å²) in [5, 5.41) is 12.2. The topological polar surface area (TPSA) is 59.8 Å². The molecule has 0 aliphatic heterocycles. The van der Waals surface area contributed by atoms with E-state index in [0.717, 1.165) is 22.8 Å². The van der Waals surface area contributed by atoms with Crippen LogP contribution in [0.5, 0.6) is 0 Å². The SMILES string of the molecule is Cc1ccccc1-n1cnnc1SCC(=O)N[C@H]1CCC[C@@H](C)[C@@H]1C. The molecule has 0 saturated heterocycles. The smallest absolute Gasteiger partial charge is 0.230 e. The molecule has 0 spiro atoms. The number of benzene rings is 1. The number of thioether (sulfide) groups is 1. The van der Waals surface area contributed by atoms with Gasteiger partial charge in [0.1, 0.15) is 6.33 Å². The Morgan fingerprint density at radius 3 is 2.92 bits per heavy atom. The Labute approximate surface area is 153 Å². The number of para-hydroxylation sites is 1. The minimum atomic E-state index is 0.0790. The van der Waals surface area contributed by atoms with Gasteiger partial charge in [-0.2, -0.15) is 0 Å². The third-order valence-corrected chi connectivity index (χ3v) is 6.22. The normalized spacial score (nSPS) is 23.4. The van der Waals surface area contributed by atoms with Crippen LogP contribution in [-0.2, 0) is 4.79 Å². The molecule has 1 saturated carbocycles. The zero-order valence-electron chi connectivity index (χ0n) is 15.1. The summed E-state index contributed by atoms with van der Waals surface area (Å²) in [5.41, 5.74) is 2.20. The van der Waals surface area contributed by atoms with Gasteiger partial charge >= 0.3 is 0 Å². The van der Waals surface area contributed by atoms with Gasteiger partial charge in [-0.15, -0.1) is 10.2 Å². The van der Waals surface area contributed by atoms with E-state index < -0.39 is 0 Å². The van der Waals surface area contributed by atoms with Crippen molar-refractivity contribution in [2.24, 2.45) is 11.8 Å². The standard InChI is InChI=1S/C19H26N4OS/c1-13-8-6-9-16(15(13)3)21-18(24)11-25-19-22-20-12-23(19)17-10-5-4-7-14(17)2/h4-5,7,10,12-13,15-16H,6,8-9,11H2,1-3H3,(H,21,24)/t13-,15+,16+/m1/s1. The fourth-order valence-corrected chi connectivity index (χ4v) is 4.22. The first kappa shape index (κ1) is 18.0. The summed E-state index contributed by atoms with van der Waals surface area (Å²) in [7, 11) is 0. The summed E-state index contributed by atoms with van der Waals surface area (Å²) < 4.78 is 1.94. The lowest BCUT2D eigenvalue weighted by atomic mass is 9.78. The lowest BCUT2D eigenvalue weighted by Crippen LogP contribution is -2.44. The van der Waals surface area contributed by atoms with Crippen molar-refractivity contribution in [3.05, 3.63) is 36.2 Å². The molecule has 0 bridgehead atoms. The van der Waals surface area contributed by atoms with E-state index in [9.17, 15) is 4.79 Å². The monoisotopic (exact) mass is 358 g/mol. The highest BCUT2D eigenvalue weighted by atomic mass is 32.2. The largest absolute Gasteiger partial charge is 0.352 e. The van der Waals surface area contributed by atoms with Crippen LogP contribution in [-0.4, -0.2) is 32.5 Å². The molecule has 1 amide bonds. The van der Waals surface area contributed by atoms with Gasteiger partial charge in [0.2, 0.25) is 5.91 Å². The van der Waals surface area contributed by atoms with E-state index in [1.165, 1.54) is 24.6 Å². The first-order valence-corrected chi connectivity index (χ1v) is 9.93. The molecule has 1 aliphatic carbocycles. The third-order valence-electron chi connectivity index (χ3n) is 5.28. The fraction of sp³-hybridized carbons (Fsp3) is 0.526. The van der Waals surface area contributed by atoms with Gasteiger partial charge in [-0.3, -0.25) is 9.36 Å². The molecule has 134 valence electrons. The number of nitrogens with zero attached hydrogens (tertiary/aromatic N) is 3. The van der Waals surface area contributed by atoms with Crippen molar-refractivity contribution in [2.75, 3.05) is 5.75 Å². The van der Waals surface area contributed by atoms with E-state index in [4.69, 9.17) is 0 Å². The number of nitrogens with one attached hydrogen (secondary N) is 1. The zero-order chi connectivity index (χ0) is 17.8. The number of amides is 1. The fourth-order valence-electron chi connectivity index (χ4n) is 3.49. The van der Waals surface area contributed by atoms with Gasteiger partial charge in [0.15, 0.2) is 5.16 Å². The van der Waals surface area contributed by atoms with Gasteiger partial charge in [-0.1, -0.05) is 56.7 Å². The maximum Gasteiger partial charge on any atom is 0.230 e. The quantitative estimate of drug-likeness (QED) is 0.830. The van der Waals surface area contributed by atoms with Crippen molar-refractivity contribution in [3.8, 4) is 5.69 Å². The minimum absolute atomic E-state index is 0.0790. The average Bonchev–Trinajstić information content (AvgIpc) is 3.06. The van der Waals surface area contributed by atoms with E-state index in [1.54, 1.807) is 6.33 Å². The number of aromatic nitrogens is 3. The molecule has 1 N–H and O–H groups in total. The molecule has 25 heavy (non-hydrogen) atoms.